The van der Waals surface area contributed by atoms with Gasteiger partial charge in [0.05, 0.1) is 5.54 Å². The van der Waals surface area contributed by atoms with Crippen LogP contribution in [0.3, 0.4) is 0 Å². The summed E-state index contributed by atoms with van der Waals surface area (Å²) >= 11 is 7.43. The zero-order valence-corrected chi connectivity index (χ0v) is 13.2. The molecule has 1 fully saturated rings. The van der Waals surface area contributed by atoms with Crippen LogP contribution in [0.4, 0.5) is 0 Å². The summed E-state index contributed by atoms with van der Waals surface area (Å²) in [5.74, 6) is 0.998. The zero-order valence-electron chi connectivity index (χ0n) is 11.6. The van der Waals surface area contributed by atoms with E-state index in [0.29, 0.717) is 22.4 Å². The van der Waals surface area contributed by atoms with Gasteiger partial charge in [0.2, 0.25) is 0 Å². The molecule has 1 aliphatic carbocycles. The Morgan fingerprint density at radius 3 is 2.64 bits per heavy atom. The van der Waals surface area contributed by atoms with Crippen LogP contribution in [0.5, 0.6) is 0 Å². The van der Waals surface area contributed by atoms with Crippen molar-refractivity contribution in [1.29, 1.82) is 0 Å². The Balaban J connectivity index is 1.63. The van der Waals surface area contributed by atoms with Gasteiger partial charge in [-0.3, -0.25) is 0 Å². The van der Waals surface area contributed by atoms with Crippen molar-refractivity contribution >= 4 is 22.9 Å². The lowest BCUT2D eigenvalue weighted by Gasteiger charge is -2.34. The van der Waals surface area contributed by atoms with Crippen molar-refractivity contribution in [3.05, 3.63) is 40.5 Å². The molecule has 3 aromatic rings. The summed E-state index contributed by atoms with van der Waals surface area (Å²) < 4.78 is 5.32. The highest BCUT2D eigenvalue weighted by molar-refractivity contribution is 7.13. The number of aromatic nitrogens is 3. The molecule has 22 heavy (non-hydrogen) atoms. The Bertz CT molecular complexity index is 807. The molecule has 0 atom stereocenters. The average molecular weight is 333 g/mol. The second kappa shape index (κ2) is 5.15. The predicted octanol–water partition coefficient (Wildman–Crippen LogP) is 3.85. The molecule has 112 valence electrons. The normalized spacial score (nSPS) is 16.5. The van der Waals surface area contributed by atoms with Crippen LogP contribution < -0.4 is 5.73 Å². The Hall–Kier alpha value is -1.76. The summed E-state index contributed by atoms with van der Waals surface area (Å²) in [4.78, 5) is 8.97. The Kier molecular flexibility index (Phi) is 3.25. The second-order valence-electron chi connectivity index (χ2n) is 5.48. The monoisotopic (exact) mass is 332 g/mol. The molecule has 0 unspecified atom stereocenters. The molecule has 2 heterocycles. The number of halogens is 1. The quantitative estimate of drug-likeness (QED) is 0.788. The fourth-order valence-electron chi connectivity index (χ4n) is 2.41. The van der Waals surface area contributed by atoms with Crippen molar-refractivity contribution < 1.29 is 4.52 Å². The lowest BCUT2D eigenvalue weighted by atomic mass is 9.77. The summed E-state index contributed by atoms with van der Waals surface area (Å²) in [6.45, 7) is 0. The number of nitrogens with zero attached hydrogens (tertiary/aromatic N) is 3. The first-order valence-electron chi connectivity index (χ1n) is 6.99. The maximum Gasteiger partial charge on any atom is 0.277 e. The third-order valence-electron chi connectivity index (χ3n) is 3.93. The zero-order chi connectivity index (χ0) is 15.2. The van der Waals surface area contributed by atoms with Crippen LogP contribution in [0.25, 0.3) is 22.2 Å². The number of benzene rings is 1. The van der Waals surface area contributed by atoms with Crippen LogP contribution in [0.1, 0.15) is 25.1 Å². The minimum Gasteiger partial charge on any atom is -0.332 e. The van der Waals surface area contributed by atoms with Crippen LogP contribution >= 0.6 is 22.9 Å². The second-order valence-corrected chi connectivity index (χ2v) is 6.77. The summed E-state index contributed by atoms with van der Waals surface area (Å²) in [5, 5.41) is 7.51. The lowest BCUT2D eigenvalue weighted by Crippen LogP contribution is -2.44. The molecule has 0 radical (unpaired) electrons. The highest BCUT2D eigenvalue weighted by Gasteiger charge is 2.39. The van der Waals surface area contributed by atoms with E-state index in [1.807, 2.05) is 29.6 Å². The van der Waals surface area contributed by atoms with Gasteiger partial charge in [-0.15, -0.1) is 11.3 Å². The fourth-order valence-corrected chi connectivity index (χ4v) is 3.33. The van der Waals surface area contributed by atoms with Crippen molar-refractivity contribution in [2.75, 3.05) is 0 Å². The van der Waals surface area contributed by atoms with Gasteiger partial charge in [0.1, 0.15) is 10.7 Å². The number of rotatable bonds is 3. The van der Waals surface area contributed by atoms with E-state index in [0.717, 1.165) is 29.8 Å². The number of hydrogen-bond acceptors (Lipinski definition) is 6. The first kappa shape index (κ1) is 13.9. The van der Waals surface area contributed by atoms with E-state index >= 15 is 0 Å². The first-order valence-corrected chi connectivity index (χ1v) is 8.25. The van der Waals surface area contributed by atoms with Crippen molar-refractivity contribution in [3.63, 3.8) is 0 Å². The molecule has 7 heteroatoms. The molecular formula is C15H13ClN4OS. The van der Waals surface area contributed by atoms with E-state index in [4.69, 9.17) is 21.9 Å². The summed E-state index contributed by atoms with van der Waals surface area (Å²) in [7, 11) is 0. The van der Waals surface area contributed by atoms with E-state index in [2.05, 4.69) is 15.1 Å². The molecule has 1 aliphatic rings. The van der Waals surface area contributed by atoms with Gasteiger partial charge in [-0.05, 0) is 31.4 Å². The van der Waals surface area contributed by atoms with E-state index in [-0.39, 0.29) is 0 Å². The number of thiazole rings is 1. The first-order chi connectivity index (χ1) is 10.6. The summed E-state index contributed by atoms with van der Waals surface area (Å²) in [5.41, 5.74) is 7.48. The minimum absolute atomic E-state index is 0.420. The summed E-state index contributed by atoms with van der Waals surface area (Å²) in [6, 6.07) is 7.57. The largest absolute Gasteiger partial charge is 0.332 e. The van der Waals surface area contributed by atoms with Gasteiger partial charge >= 0.3 is 0 Å². The smallest absolute Gasteiger partial charge is 0.277 e. The molecular weight excluding hydrogens is 320 g/mol. The van der Waals surface area contributed by atoms with Gasteiger partial charge in [-0.2, -0.15) is 4.98 Å². The van der Waals surface area contributed by atoms with Crippen LogP contribution in [-0.2, 0) is 5.54 Å². The average Bonchev–Trinajstić information content (AvgIpc) is 3.14. The van der Waals surface area contributed by atoms with Crippen LogP contribution in [0.2, 0.25) is 5.02 Å². The SMILES string of the molecule is NC1(c2noc(-c3csc(-c4ccc(Cl)cc4)n3)n2)CCC1. The molecule has 0 spiro atoms. The fraction of sp³-hybridized carbons (Fsp3) is 0.267. The molecule has 5 nitrogen and oxygen atoms in total. The van der Waals surface area contributed by atoms with Gasteiger partial charge in [-0.25, -0.2) is 4.98 Å². The highest BCUT2D eigenvalue weighted by atomic mass is 35.5. The molecule has 0 bridgehead atoms. The highest BCUT2D eigenvalue weighted by Crippen LogP contribution is 2.38. The van der Waals surface area contributed by atoms with E-state index in [1.165, 1.54) is 11.3 Å². The molecule has 1 aromatic carbocycles. The Morgan fingerprint density at radius 2 is 1.95 bits per heavy atom. The van der Waals surface area contributed by atoms with Gasteiger partial charge < -0.3 is 10.3 Å². The predicted molar refractivity (Wildman–Crippen MR) is 85.6 cm³/mol. The molecule has 0 amide bonds. The number of hydrogen-bond donors (Lipinski definition) is 1. The Morgan fingerprint density at radius 1 is 1.18 bits per heavy atom. The minimum atomic E-state index is -0.420. The van der Waals surface area contributed by atoms with Crippen molar-refractivity contribution in [3.8, 4) is 22.2 Å². The third-order valence-corrected chi connectivity index (χ3v) is 5.07. The van der Waals surface area contributed by atoms with Crippen LogP contribution in [0, 0.1) is 0 Å². The third kappa shape index (κ3) is 2.33. The van der Waals surface area contributed by atoms with Crippen molar-refractivity contribution in [2.45, 2.75) is 24.8 Å². The van der Waals surface area contributed by atoms with Crippen molar-refractivity contribution in [1.82, 2.24) is 15.1 Å². The van der Waals surface area contributed by atoms with Gasteiger partial charge in [0.25, 0.3) is 5.89 Å². The molecule has 4 rings (SSSR count). The maximum absolute atomic E-state index is 6.21. The topological polar surface area (TPSA) is 77.8 Å². The molecule has 1 saturated carbocycles. The van der Waals surface area contributed by atoms with Gasteiger partial charge in [0.15, 0.2) is 5.82 Å². The molecule has 2 aromatic heterocycles. The number of nitrogens with two attached hydrogens (primary N) is 1. The van der Waals surface area contributed by atoms with E-state index in [1.54, 1.807) is 0 Å². The van der Waals surface area contributed by atoms with Gasteiger partial charge in [-0.1, -0.05) is 28.9 Å². The molecule has 0 aliphatic heterocycles. The van der Waals surface area contributed by atoms with Crippen molar-refractivity contribution in [2.24, 2.45) is 5.73 Å². The van der Waals surface area contributed by atoms with Crippen LogP contribution in [0.15, 0.2) is 34.2 Å². The van der Waals surface area contributed by atoms with Crippen LogP contribution in [-0.4, -0.2) is 15.1 Å². The standard InChI is InChI=1S/C15H13ClN4OS/c16-10-4-2-9(3-5-10)13-18-11(8-22-13)12-19-14(20-21-12)15(17)6-1-7-15/h2-5,8H,1,6-7,17H2. The molecule has 0 saturated heterocycles. The Labute approximate surface area is 136 Å². The van der Waals surface area contributed by atoms with E-state index < -0.39 is 5.54 Å². The lowest BCUT2D eigenvalue weighted by molar-refractivity contribution is 0.229. The van der Waals surface area contributed by atoms with Gasteiger partial charge in [0, 0.05) is 16.0 Å². The van der Waals surface area contributed by atoms with E-state index in [9.17, 15) is 0 Å². The summed E-state index contributed by atoms with van der Waals surface area (Å²) in [6.07, 6.45) is 2.91. The molecule has 2 N–H and O–H groups in total. The maximum atomic E-state index is 6.21.